The molecule has 0 bridgehead atoms. The first kappa shape index (κ1) is 22.3. The first-order valence-electron chi connectivity index (χ1n) is 10.3. The highest BCUT2D eigenvalue weighted by Crippen LogP contribution is 2.33. The van der Waals surface area contributed by atoms with Crippen molar-refractivity contribution in [1.29, 1.82) is 0 Å². The lowest BCUT2D eigenvalue weighted by Gasteiger charge is -2.26. The van der Waals surface area contributed by atoms with Gasteiger partial charge in [-0.3, -0.25) is 9.59 Å². The van der Waals surface area contributed by atoms with Crippen molar-refractivity contribution in [2.75, 3.05) is 50.2 Å². The van der Waals surface area contributed by atoms with E-state index in [9.17, 15) is 18.0 Å². The van der Waals surface area contributed by atoms with Crippen molar-refractivity contribution in [3.63, 3.8) is 0 Å². The Bertz CT molecular complexity index is 1100. The van der Waals surface area contributed by atoms with E-state index in [0.29, 0.717) is 43.4 Å². The van der Waals surface area contributed by atoms with E-state index in [4.69, 9.17) is 9.47 Å². The number of rotatable bonds is 6. The Labute approximate surface area is 187 Å². The number of morpholine rings is 1. The number of hydrogen-bond acceptors (Lipinski definition) is 6. The molecule has 2 amide bonds. The molecule has 0 radical (unpaired) electrons. The zero-order chi connectivity index (χ0) is 22.7. The van der Waals surface area contributed by atoms with Gasteiger partial charge in [0.2, 0.25) is 21.8 Å². The lowest BCUT2D eigenvalue weighted by molar-refractivity contribution is -0.122. The molecule has 2 aliphatic heterocycles. The van der Waals surface area contributed by atoms with Crippen LogP contribution in [-0.4, -0.2) is 64.5 Å². The fourth-order valence-electron chi connectivity index (χ4n) is 3.86. The third kappa shape index (κ3) is 4.47. The van der Waals surface area contributed by atoms with Gasteiger partial charge in [-0.1, -0.05) is 12.1 Å². The standard InChI is InChI=1S/C22H25N3O6S/c1-30-20-5-3-2-4-19(20)25-15-16(14-21(25)26)22(27)23-17-6-8-18(9-7-17)32(28,29)24-10-12-31-13-11-24/h2-9,16H,10-15H2,1H3,(H,23,27)/t16-/m0/s1. The van der Waals surface area contributed by atoms with Crippen LogP contribution in [0.1, 0.15) is 6.42 Å². The van der Waals surface area contributed by atoms with Crippen molar-refractivity contribution in [2.45, 2.75) is 11.3 Å². The smallest absolute Gasteiger partial charge is 0.243 e. The highest BCUT2D eigenvalue weighted by Gasteiger charge is 2.36. The molecule has 32 heavy (non-hydrogen) atoms. The summed E-state index contributed by atoms with van der Waals surface area (Å²) in [5.74, 6) is -0.399. The second kappa shape index (κ2) is 9.27. The average Bonchev–Trinajstić information content (AvgIpc) is 3.21. The number of ether oxygens (including phenoxy) is 2. The van der Waals surface area contributed by atoms with Gasteiger partial charge in [-0.15, -0.1) is 0 Å². The molecule has 9 nitrogen and oxygen atoms in total. The minimum absolute atomic E-state index is 0.0907. The van der Waals surface area contributed by atoms with Gasteiger partial charge in [-0.2, -0.15) is 4.31 Å². The SMILES string of the molecule is COc1ccccc1N1C[C@@H](C(=O)Nc2ccc(S(=O)(=O)N3CCOCC3)cc2)CC1=O. The van der Waals surface area contributed by atoms with Gasteiger partial charge in [0.25, 0.3) is 0 Å². The first-order valence-corrected chi connectivity index (χ1v) is 11.8. The molecule has 10 heteroatoms. The summed E-state index contributed by atoms with van der Waals surface area (Å²) in [6, 6.07) is 13.2. The molecule has 2 aromatic carbocycles. The predicted molar refractivity (Wildman–Crippen MR) is 118 cm³/mol. The van der Waals surface area contributed by atoms with Gasteiger partial charge < -0.3 is 19.7 Å². The third-order valence-electron chi connectivity index (χ3n) is 5.60. The van der Waals surface area contributed by atoms with E-state index < -0.39 is 15.9 Å². The number of benzene rings is 2. The van der Waals surface area contributed by atoms with Gasteiger partial charge in [-0.25, -0.2) is 8.42 Å². The van der Waals surface area contributed by atoms with Crippen LogP contribution < -0.4 is 15.0 Å². The topological polar surface area (TPSA) is 105 Å². The molecule has 2 heterocycles. The molecule has 0 unspecified atom stereocenters. The molecule has 2 aromatic rings. The number of carbonyl (C=O) groups excluding carboxylic acids is 2. The van der Waals surface area contributed by atoms with Crippen molar-refractivity contribution in [3.8, 4) is 5.75 Å². The molecule has 2 aliphatic rings. The van der Waals surface area contributed by atoms with Crippen molar-refractivity contribution < 1.29 is 27.5 Å². The summed E-state index contributed by atoms with van der Waals surface area (Å²) >= 11 is 0. The molecule has 4 rings (SSSR count). The Morgan fingerprint density at radius 3 is 2.47 bits per heavy atom. The number of para-hydroxylation sites is 2. The molecule has 1 atom stereocenters. The zero-order valence-corrected chi connectivity index (χ0v) is 18.5. The minimum Gasteiger partial charge on any atom is -0.495 e. The summed E-state index contributed by atoms with van der Waals surface area (Å²) in [7, 11) is -2.06. The molecule has 170 valence electrons. The van der Waals surface area contributed by atoms with E-state index in [0.717, 1.165) is 0 Å². The van der Waals surface area contributed by atoms with Gasteiger partial charge in [0.1, 0.15) is 5.75 Å². The fourth-order valence-corrected chi connectivity index (χ4v) is 5.27. The summed E-state index contributed by atoms with van der Waals surface area (Å²) in [4.78, 5) is 27.0. The van der Waals surface area contributed by atoms with Gasteiger partial charge in [0.15, 0.2) is 0 Å². The second-order valence-electron chi connectivity index (χ2n) is 7.61. The molecular weight excluding hydrogens is 434 g/mol. The monoisotopic (exact) mass is 459 g/mol. The zero-order valence-electron chi connectivity index (χ0n) is 17.7. The van der Waals surface area contributed by atoms with Crippen LogP contribution in [-0.2, 0) is 24.3 Å². The van der Waals surface area contributed by atoms with E-state index in [1.54, 1.807) is 29.2 Å². The Hall–Kier alpha value is -2.95. The molecule has 2 saturated heterocycles. The molecule has 0 aliphatic carbocycles. The summed E-state index contributed by atoms with van der Waals surface area (Å²) in [6.07, 6.45) is 0.0907. The number of anilines is 2. The largest absolute Gasteiger partial charge is 0.495 e. The highest BCUT2D eigenvalue weighted by molar-refractivity contribution is 7.89. The fraction of sp³-hybridized carbons (Fsp3) is 0.364. The first-order chi connectivity index (χ1) is 15.4. The second-order valence-corrected chi connectivity index (χ2v) is 9.55. The van der Waals surface area contributed by atoms with Crippen molar-refractivity contribution in [2.24, 2.45) is 5.92 Å². The Morgan fingerprint density at radius 2 is 1.78 bits per heavy atom. The number of sulfonamides is 1. The highest BCUT2D eigenvalue weighted by atomic mass is 32.2. The maximum atomic E-state index is 12.8. The van der Waals surface area contributed by atoms with Crippen LogP contribution in [0.3, 0.4) is 0 Å². The van der Waals surface area contributed by atoms with Crippen LogP contribution in [0.25, 0.3) is 0 Å². The molecular formula is C22H25N3O6S. The van der Waals surface area contributed by atoms with E-state index in [1.165, 1.54) is 23.5 Å². The van der Waals surface area contributed by atoms with Gasteiger partial charge >= 0.3 is 0 Å². The normalized spacial score (nSPS) is 19.7. The number of carbonyl (C=O) groups is 2. The quantitative estimate of drug-likeness (QED) is 0.705. The number of nitrogens with one attached hydrogen (secondary N) is 1. The maximum Gasteiger partial charge on any atom is 0.243 e. The van der Waals surface area contributed by atoms with Crippen molar-refractivity contribution in [3.05, 3.63) is 48.5 Å². The average molecular weight is 460 g/mol. The van der Waals surface area contributed by atoms with E-state index in [-0.39, 0.29) is 29.7 Å². The van der Waals surface area contributed by atoms with Crippen molar-refractivity contribution >= 4 is 33.2 Å². The summed E-state index contributed by atoms with van der Waals surface area (Å²) < 4.78 is 37.4. The molecule has 0 spiro atoms. The van der Waals surface area contributed by atoms with E-state index >= 15 is 0 Å². The van der Waals surface area contributed by atoms with Gasteiger partial charge in [0, 0.05) is 31.7 Å². The van der Waals surface area contributed by atoms with Gasteiger partial charge in [0.05, 0.1) is 36.8 Å². The molecule has 0 aromatic heterocycles. The summed E-state index contributed by atoms with van der Waals surface area (Å²) in [6.45, 7) is 1.63. The van der Waals surface area contributed by atoms with E-state index in [1.807, 2.05) is 12.1 Å². The lowest BCUT2D eigenvalue weighted by atomic mass is 10.1. The third-order valence-corrected chi connectivity index (χ3v) is 7.51. The van der Waals surface area contributed by atoms with Crippen LogP contribution in [0.15, 0.2) is 53.4 Å². The lowest BCUT2D eigenvalue weighted by Crippen LogP contribution is -2.40. The van der Waals surface area contributed by atoms with Crippen LogP contribution in [0, 0.1) is 5.92 Å². The molecule has 0 saturated carbocycles. The van der Waals surface area contributed by atoms with Crippen molar-refractivity contribution in [1.82, 2.24) is 4.31 Å². The van der Waals surface area contributed by atoms with Crippen LogP contribution in [0.5, 0.6) is 5.75 Å². The van der Waals surface area contributed by atoms with Crippen LogP contribution in [0.2, 0.25) is 0 Å². The number of nitrogens with zero attached hydrogens (tertiary/aromatic N) is 2. The summed E-state index contributed by atoms with van der Waals surface area (Å²) in [5, 5.41) is 2.79. The van der Waals surface area contributed by atoms with E-state index in [2.05, 4.69) is 5.32 Å². The van der Waals surface area contributed by atoms with Crippen LogP contribution >= 0.6 is 0 Å². The Morgan fingerprint density at radius 1 is 1.09 bits per heavy atom. The van der Waals surface area contributed by atoms with Crippen LogP contribution in [0.4, 0.5) is 11.4 Å². The Balaban J connectivity index is 1.41. The Kier molecular flexibility index (Phi) is 6.45. The number of methoxy groups -OCH3 is 1. The minimum atomic E-state index is -3.60. The number of amides is 2. The molecule has 1 N–H and O–H groups in total. The molecule has 2 fully saturated rings. The summed E-state index contributed by atoms with van der Waals surface area (Å²) in [5.41, 5.74) is 1.10. The maximum absolute atomic E-state index is 12.8. The van der Waals surface area contributed by atoms with Gasteiger partial charge in [-0.05, 0) is 36.4 Å². The predicted octanol–water partition coefficient (Wildman–Crippen LogP) is 1.71. The number of hydrogen-bond donors (Lipinski definition) is 1.